The Morgan fingerprint density at radius 1 is 0.955 bits per heavy atom. The summed E-state index contributed by atoms with van der Waals surface area (Å²) in [7, 11) is 0. The van der Waals surface area contributed by atoms with Crippen LogP contribution in [0.4, 0.5) is 0 Å². The number of rotatable bonds is 9. The molecule has 1 heterocycles. The van der Waals surface area contributed by atoms with E-state index in [9.17, 15) is 19.5 Å². The van der Waals surface area contributed by atoms with Gasteiger partial charge in [-0.1, -0.05) is 68.0 Å². The number of pyridine rings is 1. The molecule has 6 rings (SSSR count). The molecule has 0 radical (unpaired) electrons. The van der Waals surface area contributed by atoms with Crippen molar-refractivity contribution < 1.29 is 24.2 Å². The molecule has 1 aromatic carbocycles. The minimum Gasteiger partial charge on any atom is -0.480 e. The lowest BCUT2D eigenvalue weighted by atomic mass is 9.47. The number of carbonyl (C=O) groups is 3. The van der Waals surface area contributed by atoms with Crippen molar-refractivity contribution >= 4 is 23.4 Å². The van der Waals surface area contributed by atoms with Gasteiger partial charge in [-0.05, 0) is 89.9 Å². The highest BCUT2D eigenvalue weighted by molar-refractivity contribution is 5.84. The number of esters is 1. The van der Waals surface area contributed by atoms with Crippen LogP contribution in [0.25, 0.3) is 5.57 Å². The number of ether oxygens (including phenoxy) is 1. The summed E-state index contributed by atoms with van der Waals surface area (Å²) in [5, 5.41) is 9.31. The van der Waals surface area contributed by atoms with Crippen molar-refractivity contribution in [2.75, 3.05) is 6.54 Å². The minimum absolute atomic E-state index is 0.0478. The van der Waals surface area contributed by atoms with Crippen LogP contribution >= 0.6 is 0 Å². The van der Waals surface area contributed by atoms with E-state index in [4.69, 9.17) is 4.74 Å². The number of carbonyl (C=O) groups excluding carboxylic acids is 2. The van der Waals surface area contributed by atoms with Crippen molar-refractivity contribution in [3.05, 3.63) is 83.7 Å². The Bertz CT molecular complexity index is 1450. The number of carboxylic acid groups (broad SMARTS) is 1. The highest BCUT2D eigenvalue weighted by Crippen LogP contribution is 2.66. The average Bonchev–Trinajstić information content (AvgIpc) is 3.37. The number of benzene rings is 1. The number of carboxylic acids is 1. The lowest BCUT2D eigenvalue weighted by Crippen LogP contribution is -2.50. The van der Waals surface area contributed by atoms with Gasteiger partial charge in [0, 0.05) is 31.8 Å². The van der Waals surface area contributed by atoms with E-state index in [1.807, 2.05) is 48.8 Å². The number of amides is 1. The van der Waals surface area contributed by atoms with E-state index in [2.05, 4.69) is 37.0 Å². The summed E-state index contributed by atoms with van der Waals surface area (Å²) in [4.78, 5) is 42.8. The Kier molecular flexibility index (Phi) is 8.49. The maximum Gasteiger partial charge on any atom is 0.323 e. The Labute approximate surface area is 260 Å². The SMILES string of the molecule is C[C@]12CC[C@H](OC(=O)CCC(=O)N(CC(=O)O)Cc3ccccc3)CC1=CC[C@@H]1[C@@H]2CC[C@]2(C)C(c3cccnc3)=CC[C@@H]12. The van der Waals surface area contributed by atoms with E-state index in [0.717, 1.165) is 37.7 Å². The molecular formula is C37H44N2O5. The fraction of sp³-hybridized carbons (Fsp3) is 0.514. The number of allylic oxidation sites excluding steroid dienone is 3. The molecule has 0 spiro atoms. The lowest BCUT2D eigenvalue weighted by Gasteiger charge is -2.57. The summed E-state index contributed by atoms with van der Waals surface area (Å²) in [6.07, 6.45) is 15.7. The van der Waals surface area contributed by atoms with Crippen molar-refractivity contribution in [1.82, 2.24) is 9.88 Å². The molecule has 1 amide bonds. The van der Waals surface area contributed by atoms with Gasteiger partial charge in [0.05, 0.1) is 6.42 Å². The largest absolute Gasteiger partial charge is 0.480 e. The van der Waals surface area contributed by atoms with E-state index in [1.165, 1.54) is 34.5 Å². The third-order valence-corrected chi connectivity index (χ3v) is 11.3. The molecule has 2 fully saturated rings. The molecule has 7 heteroatoms. The number of hydrogen-bond donors (Lipinski definition) is 1. The maximum absolute atomic E-state index is 12.9. The highest BCUT2D eigenvalue weighted by atomic mass is 16.5. The molecule has 0 saturated heterocycles. The van der Waals surface area contributed by atoms with Crippen LogP contribution in [-0.4, -0.2) is 45.5 Å². The van der Waals surface area contributed by atoms with Crippen LogP contribution in [0.2, 0.25) is 0 Å². The van der Waals surface area contributed by atoms with Crippen molar-refractivity contribution in [2.24, 2.45) is 28.6 Å². The van der Waals surface area contributed by atoms with Crippen molar-refractivity contribution in [3.8, 4) is 0 Å². The van der Waals surface area contributed by atoms with Crippen LogP contribution in [0.15, 0.2) is 72.6 Å². The lowest BCUT2D eigenvalue weighted by molar-refractivity contribution is -0.153. The molecule has 1 N–H and O–H groups in total. The molecule has 0 aliphatic heterocycles. The fourth-order valence-electron chi connectivity index (χ4n) is 9.08. The molecule has 4 aliphatic rings. The molecule has 1 aromatic heterocycles. The highest BCUT2D eigenvalue weighted by Gasteiger charge is 2.57. The van der Waals surface area contributed by atoms with Gasteiger partial charge in [-0.25, -0.2) is 0 Å². The summed E-state index contributed by atoms with van der Waals surface area (Å²) in [5.74, 6) is 0.115. The minimum atomic E-state index is -1.08. The Morgan fingerprint density at radius 2 is 1.75 bits per heavy atom. The molecule has 4 aliphatic carbocycles. The van der Waals surface area contributed by atoms with Gasteiger partial charge >= 0.3 is 11.9 Å². The van der Waals surface area contributed by atoms with Gasteiger partial charge in [-0.3, -0.25) is 19.4 Å². The molecule has 2 aromatic rings. The van der Waals surface area contributed by atoms with Crippen LogP contribution < -0.4 is 0 Å². The van der Waals surface area contributed by atoms with Crippen molar-refractivity contribution in [3.63, 3.8) is 0 Å². The quantitative estimate of drug-likeness (QED) is 0.251. The zero-order chi connectivity index (χ0) is 30.9. The molecule has 6 atom stereocenters. The number of nitrogens with zero attached hydrogens (tertiary/aromatic N) is 2. The van der Waals surface area contributed by atoms with Gasteiger partial charge in [0.1, 0.15) is 12.6 Å². The van der Waals surface area contributed by atoms with Crippen molar-refractivity contribution in [1.29, 1.82) is 0 Å². The second-order valence-electron chi connectivity index (χ2n) is 13.8. The molecule has 44 heavy (non-hydrogen) atoms. The van der Waals surface area contributed by atoms with Gasteiger partial charge in [0.15, 0.2) is 0 Å². The van der Waals surface area contributed by atoms with Gasteiger partial charge in [0.25, 0.3) is 0 Å². The zero-order valence-electron chi connectivity index (χ0n) is 25.9. The summed E-state index contributed by atoms with van der Waals surface area (Å²) >= 11 is 0. The Morgan fingerprint density at radius 3 is 2.50 bits per heavy atom. The first kappa shape index (κ1) is 30.3. The van der Waals surface area contributed by atoms with Crippen LogP contribution in [0.3, 0.4) is 0 Å². The first-order valence-corrected chi connectivity index (χ1v) is 16.2. The molecule has 232 valence electrons. The summed E-state index contributed by atoms with van der Waals surface area (Å²) in [6, 6.07) is 13.5. The standard InChI is InChI=1S/C37H44N2O5/c1-36-18-16-28(44-35(43)15-14-33(40)39(24-34(41)42)23-25-7-4-3-5-8-25)21-27(36)10-11-29-31-13-12-30(26-9-6-20-38-22-26)37(31,2)19-17-32(29)36/h3-10,12,20,22,28-29,31-32H,11,13-19,21,23-24H2,1-2H3,(H,41,42)/t28-,29-,31-,32-,36-,37+/m0/s1. The van der Waals surface area contributed by atoms with E-state index >= 15 is 0 Å². The van der Waals surface area contributed by atoms with Gasteiger partial charge < -0.3 is 14.7 Å². The maximum atomic E-state index is 12.9. The van der Waals surface area contributed by atoms with E-state index in [1.54, 1.807) is 0 Å². The topological polar surface area (TPSA) is 96.8 Å². The summed E-state index contributed by atoms with van der Waals surface area (Å²) in [5.41, 5.74) is 5.36. The smallest absolute Gasteiger partial charge is 0.323 e. The van der Waals surface area contributed by atoms with Crippen LogP contribution in [0.5, 0.6) is 0 Å². The normalized spacial score (nSPS) is 30.6. The second kappa shape index (κ2) is 12.3. The predicted octanol–water partition coefficient (Wildman–Crippen LogP) is 6.84. The van der Waals surface area contributed by atoms with Crippen LogP contribution in [-0.2, 0) is 25.7 Å². The predicted molar refractivity (Wildman–Crippen MR) is 168 cm³/mol. The molecule has 0 unspecified atom stereocenters. The summed E-state index contributed by atoms with van der Waals surface area (Å²) < 4.78 is 5.92. The monoisotopic (exact) mass is 596 g/mol. The Balaban J connectivity index is 1.05. The van der Waals surface area contributed by atoms with E-state index < -0.39 is 12.5 Å². The number of aliphatic carboxylic acids is 1. The van der Waals surface area contributed by atoms with Gasteiger partial charge in [0.2, 0.25) is 5.91 Å². The number of hydrogen-bond acceptors (Lipinski definition) is 5. The zero-order valence-corrected chi connectivity index (χ0v) is 25.9. The van der Waals surface area contributed by atoms with Crippen LogP contribution in [0.1, 0.15) is 82.8 Å². The Hall–Kier alpha value is -3.74. The van der Waals surface area contributed by atoms with Crippen LogP contribution in [0, 0.1) is 28.6 Å². The second-order valence-corrected chi connectivity index (χ2v) is 13.8. The average molecular weight is 597 g/mol. The molecular weight excluding hydrogens is 552 g/mol. The van der Waals surface area contributed by atoms with Gasteiger partial charge in [-0.2, -0.15) is 0 Å². The third-order valence-electron chi connectivity index (χ3n) is 11.3. The summed E-state index contributed by atoms with van der Waals surface area (Å²) in [6.45, 7) is 4.72. The van der Waals surface area contributed by atoms with Crippen molar-refractivity contribution in [2.45, 2.75) is 84.3 Å². The molecule has 0 bridgehead atoms. The van der Waals surface area contributed by atoms with Gasteiger partial charge in [-0.15, -0.1) is 0 Å². The number of aromatic nitrogens is 1. The molecule has 2 saturated carbocycles. The first-order valence-electron chi connectivity index (χ1n) is 16.2. The first-order chi connectivity index (χ1) is 21.2. The van der Waals surface area contributed by atoms with E-state index in [-0.39, 0.29) is 48.2 Å². The fourth-order valence-corrected chi connectivity index (χ4v) is 9.08. The molecule has 7 nitrogen and oxygen atoms in total. The third kappa shape index (κ3) is 5.85. The van der Waals surface area contributed by atoms with E-state index in [0.29, 0.717) is 17.8 Å². The number of fused-ring (bicyclic) bond motifs is 5.